The van der Waals surface area contributed by atoms with Gasteiger partial charge in [0.05, 0.1) is 25.0 Å². The molecule has 1 N–H and O–H groups in total. The zero-order valence-electron chi connectivity index (χ0n) is 14.6. The molecule has 0 atom stereocenters. The lowest BCUT2D eigenvalue weighted by Crippen LogP contribution is -2.23. The van der Waals surface area contributed by atoms with Crippen LogP contribution in [0.2, 0.25) is 0 Å². The number of carbonyl (C=O) groups is 1. The Bertz CT molecular complexity index is 917. The highest BCUT2D eigenvalue weighted by atomic mass is 16.5. The van der Waals surface area contributed by atoms with Gasteiger partial charge in [0, 0.05) is 23.9 Å². The van der Waals surface area contributed by atoms with Gasteiger partial charge in [0.1, 0.15) is 5.75 Å². The second-order valence-corrected chi connectivity index (χ2v) is 6.35. The van der Waals surface area contributed by atoms with Crippen molar-refractivity contribution in [3.8, 4) is 11.4 Å². The molecule has 0 saturated heterocycles. The number of methoxy groups -OCH3 is 1. The molecule has 0 unspecified atom stereocenters. The van der Waals surface area contributed by atoms with Crippen molar-refractivity contribution in [2.75, 3.05) is 7.11 Å². The first-order valence-electron chi connectivity index (χ1n) is 8.67. The van der Waals surface area contributed by atoms with Gasteiger partial charge in [-0.05, 0) is 43.2 Å². The van der Waals surface area contributed by atoms with Crippen LogP contribution in [0.25, 0.3) is 5.69 Å². The van der Waals surface area contributed by atoms with Gasteiger partial charge in [0.25, 0.3) is 5.91 Å². The van der Waals surface area contributed by atoms with Crippen LogP contribution in [-0.2, 0) is 6.54 Å². The SMILES string of the molecule is COc1cccc(-n2nc(C(=O)NCc3ccccn3)cc2C2CC2)c1. The fourth-order valence-corrected chi connectivity index (χ4v) is 2.89. The van der Waals surface area contributed by atoms with Gasteiger partial charge in [-0.25, -0.2) is 4.68 Å². The summed E-state index contributed by atoms with van der Waals surface area (Å²) in [5.74, 6) is 1.03. The summed E-state index contributed by atoms with van der Waals surface area (Å²) in [4.78, 5) is 16.8. The minimum absolute atomic E-state index is 0.195. The van der Waals surface area contributed by atoms with E-state index in [0.29, 0.717) is 18.2 Å². The Kier molecular flexibility index (Phi) is 4.39. The molecule has 0 bridgehead atoms. The molecule has 4 rings (SSSR count). The molecule has 1 aromatic carbocycles. The number of amides is 1. The van der Waals surface area contributed by atoms with E-state index in [1.165, 1.54) is 0 Å². The maximum absolute atomic E-state index is 12.5. The van der Waals surface area contributed by atoms with Crippen LogP contribution in [0.3, 0.4) is 0 Å². The van der Waals surface area contributed by atoms with Crippen LogP contribution in [0.1, 0.15) is 40.6 Å². The summed E-state index contributed by atoms with van der Waals surface area (Å²) in [5, 5.41) is 7.45. The van der Waals surface area contributed by atoms with Crippen molar-refractivity contribution < 1.29 is 9.53 Å². The molecule has 1 aliphatic carbocycles. The molecule has 6 heteroatoms. The molecule has 1 saturated carbocycles. The molecular formula is C20H20N4O2. The first kappa shape index (κ1) is 16.3. The third-order valence-electron chi connectivity index (χ3n) is 4.42. The molecule has 2 aromatic heterocycles. The lowest BCUT2D eigenvalue weighted by Gasteiger charge is -2.08. The molecule has 2 heterocycles. The van der Waals surface area contributed by atoms with E-state index in [-0.39, 0.29) is 5.91 Å². The number of benzene rings is 1. The maximum Gasteiger partial charge on any atom is 0.272 e. The summed E-state index contributed by atoms with van der Waals surface area (Å²) in [6, 6.07) is 15.2. The predicted molar refractivity (Wildman–Crippen MR) is 97.5 cm³/mol. The number of aromatic nitrogens is 3. The van der Waals surface area contributed by atoms with Crippen LogP contribution >= 0.6 is 0 Å². The number of ether oxygens (including phenoxy) is 1. The van der Waals surface area contributed by atoms with Crippen molar-refractivity contribution in [1.29, 1.82) is 0 Å². The van der Waals surface area contributed by atoms with Crippen LogP contribution < -0.4 is 10.1 Å². The third kappa shape index (κ3) is 3.44. The van der Waals surface area contributed by atoms with Crippen molar-refractivity contribution in [2.45, 2.75) is 25.3 Å². The quantitative estimate of drug-likeness (QED) is 0.743. The monoisotopic (exact) mass is 348 g/mol. The highest BCUT2D eigenvalue weighted by molar-refractivity contribution is 5.92. The van der Waals surface area contributed by atoms with Crippen molar-refractivity contribution in [3.05, 3.63) is 71.8 Å². The molecule has 1 amide bonds. The Labute approximate surface area is 151 Å². The van der Waals surface area contributed by atoms with E-state index in [2.05, 4.69) is 15.4 Å². The number of rotatable bonds is 6. The normalized spacial score (nSPS) is 13.4. The van der Waals surface area contributed by atoms with Crippen molar-refractivity contribution in [1.82, 2.24) is 20.1 Å². The number of hydrogen-bond donors (Lipinski definition) is 1. The Morgan fingerprint density at radius 2 is 2.12 bits per heavy atom. The minimum Gasteiger partial charge on any atom is -0.497 e. The Hall–Kier alpha value is -3.15. The first-order valence-corrected chi connectivity index (χ1v) is 8.67. The number of nitrogens with zero attached hydrogens (tertiary/aromatic N) is 3. The van der Waals surface area contributed by atoms with Gasteiger partial charge in [-0.15, -0.1) is 0 Å². The summed E-state index contributed by atoms with van der Waals surface area (Å²) in [5.41, 5.74) is 3.21. The van der Waals surface area contributed by atoms with Crippen molar-refractivity contribution in [2.24, 2.45) is 0 Å². The van der Waals surface area contributed by atoms with Gasteiger partial charge in [-0.2, -0.15) is 5.10 Å². The Balaban J connectivity index is 1.58. The predicted octanol–water partition coefficient (Wildman–Crippen LogP) is 3.08. The van der Waals surface area contributed by atoms with Gasteiger partial charge >= 0.3 is 0 Å². The summed E-state index contributed by atoms with van der Waals surface area (Å²) in [6.07, 6.45) is 3.97. The van der Waals surface area contributed by atoms with Crippen LogP contribution in [0.15, 0.2) is 54.7 Å². The molecule has 26 heavy (non-hydrogen) atoms. The number of carbonyl (C=O) groups excluding carboxylic acids is 1. The molecule has 0 spiro atoms. The average molecular weight is 348 g/mol. The van der Waals surface area contributed by atoms with Gasteiger partial charge in [0.15, 0.2) is 5.69 Å². The Morgan fingerprint density at radius 3 is 2.85 bits per heavy atom. The van der Waals surface area contributed by atoms with Gasteiger partial charge in [0.2, 0.25) is 0 Å². The molecule has 1 fully saturated rings. The van der Waals surface area contributed by atoms with E-state index < -0.39 is 0 Å². The largest absolute Gasteiger partial charge is 0.497 e. The maximum atomic E-state index is 12.5. The highest BCUT2D eigenvalue weighted by Crippen LogP contribution is 2.41. The van der Waals surface area contributed by atoms with Crippen molar-refractivity contribution in [3.63, 3.8) is 0 Å². The van der Waals surface area contributed by atoms with Gasteiger partial charge in [-0.3, -0.25) is 9.78 Å². The second-order valence-electron chi connectivity index (χ2n) is 6.35. The summed E-state index contributed by atoms with van der Waals surface area (Å²) in [6.45, 7) is 0.379. The number of nitrogens with one attached hydrogen (secondary N) is 1. The van der Waals surface area contributed by atoms with E-state index in [1.54, 1.807) is 13.3 Å². The van der Waals surface area contributed by atoms with Gasteiger partial charge in [-0.1, -0.05) is 12.1 Å². The van der Waals surface area contributed by atoms with E-state index in [9.17, 15) is 4.79 Å². The summed E-state index contributed by atoms with van der Waals surface area (Å²) < 4.78 is 7.16. The molecule has 3 aromatic rings. The lowest BCUT2D eigenvalue weighted by molar-refractivity contribution is 0.0945. The van der Waals surface area contributed by atoms with E-state index in [4.69, 9.17) is 4.74 Å². The lowest BCUT2D eigenvalue weighted by atomic mass is 10.2. The Morgan fingerprint density at radius 1 is 1.23 bits per heavy atom. The van der Waals surface area contributed by atoms with Crippen LogP contribution in [0, 0.1) is 0 Å². The fraction of sp³-hybridized carbons (Fsp3) is 0.250. The third-order valence-corrected chi connectivity index (χ3v) is 4.42. The number of pyridine rings is 1. The summed E-state index contributed by atoms with van der Waals surface area (Å²) in [7, 11) is 1.64. The minimum atomic E-state index is -0.195. The molecule has 0 aliphatic heterocycles. The van der Waals surface area contributed by atoms with Crippen molar-refractivity contribution >= 4 is 5.91 Å². The molecule has 1 aliphatic rings. The average Bonchev–Trinajstić information content (AvgIpc) is 3.45. The van der Waals surface area contributed by atoms with Crippen LogP contribution in [0.4, 0.5) is 0 Å². The first-order chi connectivity index (χ1) is 12.7. The van der Waals surface area contributed by atoms with E-state index in [1.807, 2.05) is 53.2 Å². The molecular weight excluding hydrogens is 328 g/mol. The van der Waals surface area contributed by atoms with Crippen LogP contribution in [-0.4, -0.2) is 27.8 Å². The van der Waals surface area contributed by atoms with Gasteiger partial charge < -0.3 is 10.1 Å². The zero-order valence-corrected chi connectivity index (χ0v) is 14.6. The van der Waals surface area contributed by atoms with E-state index >= 15 is 0 Å². The highest BCUT2D eigenvalue weighted by Gasteiger charge is 2.29. The number of hydrogen-bond acceptors (Lipinski definition) is 4. The fourth-order valence-electron chi connectivity index (χ4n) is 2.89. The van der Waals surface area contributed by atoms with E-state index in [0.717, 1.165) is 35.7 Å². The second kappa shape index (κ2) is 7.00. The standard InChI is InChI=1S/C20H20N4O2/c1-26-17-7-4-6-16(11-17)24-19(14-8-9-14)12-18(23-24)20(25)22-13-15-5-2-3-10-21-15/h2-7,10-12,14H,8-9,13H2,1H3,(H,22,25). The molecule has 132 valence electrons. The topological polar surface area (TPSA) is 69.0 Å². The molecule has 0 radical (unpaired) electrons. The smallest absolute Gasteiger partial charge is 0.272 e. The molecule has 6 nitrogen and oxygen atoms in total. The zero-order chi connectivity index (χ0) is 17.9. The summed E-state index contributed by atoms with van der Waals surface area (Å²) >= 11 is 0. The van der Waals surface area contributed by atoms with Crippen LogP contribution in [0.5, 0.6) is 5.75 Å².